The molecule has 1 aromatic rings. The first-order valence-corrected chi connectivity index (χ1v) is 11.6. The second-order valence-electron chi connectivity index (χ2n) is 8.33. The summed E-state index contributed by atoms with van der Waals surface area (Å²) >= 11 is 0. The lowest BCUT2D eigenvalue weighted by molar-refractivity contribution is 0.256. The number of fused-ring (bicyclic) bond motifs is 2. The van der Waals surface area contributed by atoms with Crippen LogP contribution >= 0.6 is 0 Å². The molecule has 4 rings (SSSR count). The lowest BCUT2D eigenvalue weighted by Gasteiger charge is -2.20. The molecular formula is C20H29N3O3S. The number of carbonyl (C=O) groups excluding carboxylic acids is 1. The fourth-order valence-corrected chi connectivity index (χ4v) is 6.07. The van der Waals surface area contributed by atoms with E-state index >= 15 is 0 Å². The predicted octanol–water partition coefficient (Wildman–Crippen LogP) is 2.60. The smallest absolute Gasteiger partial charge is 0.307 e. The van der Waals surface area contributed by atoms with Gasteiger partial charge in [0, 0.05) is 18.3 Å². The Morgan fingerprint density at radius 3 is 2.30 bits per heavy atom. The molecule has 0 radical (unpaired) electrons. The van der Waals surface area contributed by atoms with Crippen molar-refractivity contribution in [2.24, 2.45) is 0 Å². The van der Waals surface area contributed by atoms with E-state index < -0.39 is 21.3 Å². The van der Waals surface area contributed by atoms with Gasteiger partial charge in [-0.25, -0.2) is 17.9 Å². The van der Waals surface area contributed by atoms with Gasteiger partial charge in [0.2, 0.25) is 10.0 Å². The Bertz CT molecular complexity index is 831. The van der Waals surface area contributed by atoms with Crippen LogP contribution in [0.4, 0.5) is 10.5 Å². The first-order valence-electron chi connectivity index (χ1n) is 10.1. The normalized spacial score (nSPS) is 22.1. The van der Waals surface area contributed by atoms with Crippen LogP contribution in [0.5, 0.6) is 0 Å². The van der Waals surface area contributed by atoms with Crippen molar-refractivity contribution in [1.29, 1.82) is 0 Å². The van der Waals surface area contributed by atoms with E-state index in [1.54, 1.807) is 0 Å². The van der Waals surface area contributed by atoms with Gasteiger partial charge in [-0.2, -0.15) is 0 Å². The molecule has 1 atom stereocenters. The van der Waals surface area contributed by atoms with Crippen molar-refractivity contribution in [1.82, 2.24) is 9.62 Å². The third-order valence-electron chi connectivity index (χ3n) is 6.29. The topological polar surface area (TPSA) is 78.5 Å². The molecule has 0 bridgehead atoms. The van der Waals surface area contributed by atoms with Gasteiger partial charge in [-0.05, 0) is 87.6 Å². The maximum absolute atomic E-state index is 12.7. The summed E-state index contributed by atoms with van der Waals surface area (Å²) in [7, 11) is -3.68. The van der Waals surface area contributed by atoms with Crippen molar-refractivity contribution in [3.63, 3.8) is 0 Å². The molecule has 2 N–H and O–H groups in total. The summed E-state index contributed by atoms with van der Waals surface area (Å²) in [5.74, 6) is 0. The minimum Gasteiger partial charge on any atom is -0.307 e. The Kier molecular flexibility index (Phi) is 4.93. The number of hydrogen-bond donors (Lipinski definition) is 2. The molecule has 27 heavy (non-hydrogen) atoms. The fourth-order valence-electron chi connectivity index (χ4n) is 4.79. The first-order chi connectivity index (χ1) is 12.8. The van der Waals surface area contributed by atoms with Gasteiger partial charge in [0.1, 0.15) is 0 Å². The Morgan fingerprint density at radius 1 is 1.11 bits per heavy atom. The van der Waals surface area contributed by atoms with Crippen LogP contribution in [-0.4, -0.2) is 43.7 Å². The number of benzene rings is 1. The van der Waals surface area contributed by atoms with Gasteiger partial charge in [-0.3, -0.25) is 4.90 Å². The number of nitrogens with one attached hydrogen (secondary N) is 2. The van der Waals surface area contributed by atoms with Gasteiger partial charge in [0.15, 0.2) is 0 Å². The van der Waals surface area contributed by atoms with Crippen LogP contribution < -0.4 is 10.0 Å². The van der Waals surface area contributed by atoms with Crippen LogP contribution in [-0.2, 0) is 35.7 Å². The zero-order chi connectivity index (χ0) is 19.2. The molecule has 0 aromatic heterocycles. The molecule has 1 unspecified atom stereocenters. The number of likely N-dealkylation sites (tertiary alicyclic amines) is 1. The maximum Gasteiger partial charge on any atom is 0.332 e. The van der Waals surface area contributed by atoms with Crippen molar-refractivity contribution in [2.45, 2.75) is 70.1 Å². The summed E-state index contributed by atoms with van der Waals surface area (Å²) in [6.45, 7) is 5.36. The molecule has 1 heterocycles. The molecule has 1 aromatic carbocycles. The van der Waals surface area contributed by atoms with E-state index in [-0.39, 0.29) is 0 Å². The first kappa shape index (κ1) is 18.7. The number of anilines is 1. The molecule has 2 aliphatic carbocycles. The number of rotatable bonds is 4. The zero-order valence-corrected chi connectivity index (χ0v) is 17.0. The Labute approximate surface area is 161 Å². The highest BCUT2D eigenvalue weighted by molar-refractivity contribution is 7.90. The minimum atomic E-state index is -3.68. The summed E-state index contributed by atoms with van der Waals surface area (Å²) in [6.07, 6.45) is 6.76. The van der Waals surface area contributed by atoms with Crippen LogP contribution in [0.1, 0.15) is 55.4 Å². The van der Waals surface area contributed by atoms with Crippen LogP contribution in [0, 0.1) is 0 Å². The zero-order valence-electron chi connectivity index (χ0n) is 16.2. The average molecular weight is 392 g/mol. The number of sulfonamides is 1. The Morgan fingerprint density at radius 2 is 1.74 bits per heavy atom. The van der Waals surface area contributed by atoms with Crippen LogP contribution in [0.3, 0.4) is 0 Å². The molecule has 1 fully saturated rings. The molecule has 1 aliphatic heterocycles. The van der Waals surface area contributed by atoms with E-state index in [1.165, 1.54) is 22.3 Å². The van der Waals surface area contributed by atoms with Crippen molar-refractivity contribution in [3.8, 4) is 0 Å². The van der Waals surface area contributed by atoms with Gasteiger partial charge < -0.3 is 5.32 Å². The third-order valence-corrected chi connectivity index (χ3v) is 8.02. The van der Waals surface area contributed by atoms with Gasteiger partial charge in [-0.1, -0.05) is 6.07 Å². The second kappa shape index (κ2) is 7.09. The number of hydrogen-bond acceptors (Lipinski definition) is 4. The molecular weight excluding hydrogens is 362 g/mol. The van der Waals surface area contributed by atoms with Crippen molar-refractivity contribution in [2.75, 3.05) is 18.4 Å². The molecule has 148 valence electrons. The lowest BCUT2D eigenvalue weighted by atomic mass is 9.99. The molecule has 7 heteroatoms. The predicted molar refractivity (Wildman–Crippen MR) is 107 cm³/mol. The van der Waals surface area contributed by atoms with Crippen LogP contribution in [0.15, 0.2) is 6.07 Å². The summed E-state index contributed by atoms with van der Waals surface area (Å²) in [5.41, 5.74) is 5.92. The third kappa shape index (κ3) is 3.59. The number of aryl methyl sites for hydroxylation is 2. The molecule has 3 aliphatic rings. The van der Waals surface area contributed by atoms with E-state index in [2.05, 4.69) is 34.9 Å². The molecule has 0 spiro atoms. The largest absolute Gasteiger partial charge is 0.332 e. The van der Waals surface area contributed by atoms with E-state index in [4.69, 9.17) is 0 Å². The van der Waals surface area contributed by atoms with E-state index in [1.807, 2.05) is 0 Å². The van der Waals surface area contributed by atoms with Gasteiger partial charge >= 0.3 is 6.03 Å². The summed E-state index contributed by atoms with van der Waals surface area (Å²) in [5, 5.41) is 2.38. The van der Waals surface area contributed by atoms with Gasteiger partial charge in [0.05, 0.1) is 5.25 Å². The summed E-state index contributed by atoms with van der Waals surface area (Å²) in [4.78, 5) is 14.7. The molecule has 2 amide bonds. The molecule has 1 saturated heterocycles. The summed E-state index contributed by atoms with van der Waals surface area (Å²) < 4.78 is 27.6. The quantitative estimate of drug-likeness (QED) is 0.827. The van der Waals surface area contributed by atoms with E-state index in [0.717, 1.165) is 50.8 Å². The number of amides is 2. The number of urea groups is 1. The highest BCUT2D eigenvalue weighted by Gasteiger charge is 2.35. The van der Waals surface area contributed by atoms with Crippen molar-refractivity contribution in [3.05, 3.63) is 28.3 Å². The Hall–Kier alpha value is -1.60. The fraction of sp³-hybridized carbons (Fsp3) is 0.650. The van der Waals surface area contributed by atoms with Crippen molar-refractivity contribution < 1.29 is 13.2 Å². The Balaban J connectivity index is 1.49. The highest BCUT2D eigenvalue weighted by Crippen LogP contribution is 2.38. The molecule has 0 saturated carbocycles. The molecule has 6 nitrogen and oxygen atoms in total. The minimum absolute atomic E-state index is 0.313. The van der Waals surface area contributed by atoms with Gasteiger partial charge in [0.25, 0.3) is 0 Å². The van der Waals surface area contributed by atoms with E-state index in [0.29, 0.717) is 19.0 Å². The van der Waals surface area contributed by atoms with Crippen LogP contribution in [0.25, 0.3) is 0 Å². The van der Waals surface area contributed by atoms with E-state index in [9.17, 15) is 13.2 Å². The SMILES string of the molecule is CC(C)N1CCC(S(=O)(=O)NC(=O)Nc2c3c(cc4c2CCC4)CCC3)C1. The lowest BCUT2D eigenvalue weighted by Crippen LogP contribution is -2.42. The average Bonchev–Trinajstić information content (AvgIpc) is 3.34. The maximum atomic E-state index is 12.7. The summed E-state index contributed by atoms with van der Waals surface area (Å²) in [6, 6.07) is 1.99. The highest BCUT2D eigenvalue weighted by atomic mass is 32.2. The standard InChI is InChI=1S/C20H29N3O3S/c1-13(2)23-10-9-16(12-23)27(25,26)22-20(24)21-19-17-7-3-5-14(17)11-15-6-4-8-18(15)19/h11,13,16H,3-10,12H2,1-2H3,(H2,21,22,24). The van der Waals surface area contributed by atoms with Crippen molar-refractivity contribution >= 4 is 21.7 Å². The monoisotopic (exact) mass is 391 g/mol. The number of carbonyl (C=O) groups is 1. The van der Waals surface area contributed by atoms with Gasteiger partial charge in [-0.15, -0.1) is 0 Å². The van der Waals surface area contributed by atoms with Crippen LogP contribution in [0.2, 0.25) is 0 Å². The number of nitrogens with zero attached hydrogens (tertiary/aromatic N) is 1. The second-order valence-corrected chi connectivity index (χ2v) is 10.3.